The van der Waals surface area contributed by atoms with Gasteiger partial charge in [0, 0.05) is 23.7 Å². The molecule has 1 fully saturated rings. The van der Waals surface area contributed by atoms with Crippen LogP contribution in [0.1, 0.15) is 60.1 Å². The number of benzene rings is 2. The van der Waals surface area contributed by atoms with Crippen LogP contribution >= 0.6 is 0 Å². The second kappa shape index (κ2) is 8.72. The van der Waals surface area contributed by atoms with Crippen molar-refractivity contribution in [1.29, 1.82) is 0 Å². The molecule has 9 heteroatoms. The van der Waals surface area contributed by atoms with Gasteiger partial charge in [0.1, 0.15) is 0 Å². The number of amides is 2. The van der Waals surface area contributed by atoms with Gasteiger partial charge in [-0.25, -0.2) is 0 Å². The van der Waals surface area contributed by atoms with E-state index in [0.29, 0.717) is 11.3 Å². The van der Waals surface area contributed by atoms with Crippen molar-refractivity contribution in [2.75, 3.05) is 11.9 Å². The standard InChI is InChI=1S/C23H23F3N4O2/c1-2-16-6-3-4-13-30(16)22(32)14-9-11-15(12-10-14)28-29-20-17-7-5-8-18(23(24,25)26)19(17)27-21(20)31/h5,7-12,16,20H,2-4,6,13H2,1H3,(H,27,31). The average Bonchev–Trinajstić information content (AvgIpc) is 3.11. The smallest absolute Gasteiger partial charge is 0.336 e. The van der Waals surface area contributed by atoms with Crippen LogP contribution in [0, 0.1) is 0 Å². The molecule has 2 heterocycles. The number of hydrogen-bond acceptors (Lipinski definition) is 4. The van der Waals surface area contributed by atoms with E-state index in [1.54, 1.807) is 24.3 Å². The lowest BCUT2D eigenvalue weighted by Gasteiger charge is -2.35. The van der Waals surface area contributed by atoms with Crippen molar-refractivity contribution in [3.05, 3.63) is 59.2 Å². The number of nitrogens with one attached hydrogen (secondary N) is 1. The molecular weight excluding hydrogens is 421 g/mol. The number of carbonyl (C=O) groups excluding carboxylic acids is 2. The van der Waals surface area contributed by atoms with Crippen LogP contribution in [0.5, 0.6) is 0 Å². The minimum atomic E-state index is -4.59. The average molecular weight is 444 g/mol. The number of likely N-dealkylation sites (tertiary alicyclic amines) is 1. The third-order valence-corrected chi connectivity index (χ3v) is 5.96. The molecule has 0 bridgehead atoms. The fourth-order valence-corrected chi connectivity index (χ4v) is 4.27. The SMILES string of the molecule is CCC1CCCCN1C(=O)c1ccc(N=NC2C(=O)Nc3c2cccc3C(F)(F)F)cc1. The summed E-state index contributed by atoms with van der Waals surface area (Å²) in [5, 5.41) is 10.3. The number of alkyl halides is 3. The summed E-state index contributed by atoms with van der Waals surface area (Å²) in [5.74, 6) is -0.688. The molecule has 4 rings (SSSR count). The van der Waals surface area contributed by atoms with E-state index in [2.05, 4.69) is 22.5 Å². The van der Waals surface area contributed by atoms with Crippen LogP contribution < -0.4 is 5.32 Å². The molecule has 0 saturated carbocycles. The highest BCUT2D eigenvalue weighted by Gasteiger charge is 2.40. The summed E-state index contributed by atoms with van der Waals surface area (Å²) >= 11 is 0. The molecule has 2 aromatic carbocycles. The van der Waals surface area contributed by atoms with Gasteiger partial charge < -0.3 is 10.2 Å². The molecule has 2 amide bonds. The number of nitrogens with zero attached hydrogens (tertiary/aromatic N) is 3. The molecule has 2 aromatic rings. The fraction of sp³-hybridized carbons (Fsp3) is 0.391. The van der Waals surface area contributed by atoms with E-state index in [-0.39, 0.29) is 23.2 Å². The van der Waals surface area contributed by atoms with Crippen molar-refractivity contribution in [3.63, 3.8) is 0 Å². The lowest BCUT2D eigenvalue weighted by molar-refractivity contribution is -0.136. The van der Waals surface area contributed by atoms with E-state index < -0.39 is 23.7 Å². The van der Waals surface area contributed by atoms with Crippen molar-refractivity contribution >= 4 is 23.2 Å². The summed E-state index contributed by atoms with van der Waals surface area (Å²) in [4.78, 5) is 27.0. The van der Waals surface area contributed by atoms with Crippen LogP contribution in [-0.2, 0) is 11.0 Å². The second-order valence-electron chi connectivity index (χ2n) is 7.98. The molecule has 0 radical (unpaired) electrons. The van der Waals surface area contributed by atoms with Crippen LogP contribution in [0.3, 0.4) is 0 Å². The Hall–Kier alpha value is -3.23. The van der Waals surface area contributed by atoms with Gasteiger partial charge >= 0.3 is 6.18 Å². The Morgan fingerprint density at radius 1 is 1.16 bits per heavy atom. The summed E-state index contributed by atoms with van der Waals surface area (Å²) in [6, 6.07) is 9.21. The first-order valence-corrected chi connectivity index (χ1v) is 10.6. The Morgan fingerprint density at radius 3 is 2.59 bits per heavy atom. The van der Waals surface area contributed by atoms with E-state index in [1.807, 2.05) is 4.90 Å². The van der Waals surface area contributed by atoms with Crippen LogP contribution in [0.2, 0.25) is 0 Å². The maximum Gasteiger partial charge on any atom is 0.418 e. The van der Waals surface area contributed by atoms with Gasteiger partial charge in [0.2, 0.25) is 0 Å². The van der Waals surface area contributed by atoms with Gasteiger partial charge in [-0.2, -0.15) is 23.4 Å². The van der Waals surface area contributed by atoms with E-state index in [1.165, 1.54) is 12.1 Å². The van der Waals surface area contributed by atoms with E-state index in [0.717, 1.165) is 38.3 Å². The zero-order valence-electron chi connectivity index (χ0n) is 17.5. The Labute approximate surface area is 183 Å². The lowest BCUT2D eigenvalue weighted by atomic mass is 9.99. The number of carbonyl (C=O) groups is 2. The zero-order valence-corrected chi connectivity index (χ0v) is 17.5. The second-order valence-corrected chi connectivity index (χ2v) is 7.98. The molecule has 0 spiro atoms. The number of halogens is 3. The Bertz CT molecular complexity index is 1050. The number of hydrogen-bond donors (Lipinski definition) is 1. The topological polar surface area (TPSA) is 74.1 Å². The van der Waals surface area contributed by atoms with Crippen molar-refractivity contribution in [1.82, 2.24) is 4.90 Å². The number of fused-ring (bicyclic) bond motifs is 1. The van der Waals surface area contributed by atoms with Gasteiger partial charge in [-0.3, -0.25) is 9.59 Å². The third kappa shape index (κ3) is 4.24. The summed E-state index contributed by atoms with van der Waals surface area (Å²) in [5.41, 5.74) is -0.103. The van der Waals surface area contributed by atoms with E-state index >= 15 is 0 Å². The van der Waals surface area contributed by atoms with Crippen LogP contribution in [-0.4, -0.2) is 29.3 Å². The lowest BCUT2D eigenvalue weighted by Crippen LogP contribution is -2.43. The van der Waals surface area contributed by atoms with Crippen LogP contribution in [0.15, 0.2) is 52.7 Å². The molecule has 2 aliphatic rings. The van der Waals surface area contributed by atoms with Crippen LogP contribution in [0.4, 0.5) is 24.5 Å². The Kier molecular flexibility index (Phi) is 5.99. The molecule has 2 unspecified atom stereocenters. The highest BCUT2D eigenvalue weighted by atomic mass is 19.4. The maximum absolute atomic E-state index is 13.2. The number of para-hydroxylation sites is 1. The molecule has 168 valence electrons. The van der Waals surface area contributed by atoms with Gasteiger partial charge in [-0.05, 0) is 56.0 Å². The normalized spacial score (nSPS) is 21.0. The van der Waals surface area contributed by atoms with Crippen molar-refractivity contribution in [2.45, 2.75) is 50.9 Å². The molecule has 1 saturated heterocycles. The maximum atomic E-state index is 13.2. The van der Waals surface area contributed by atoms with Crippen molar-refractivity contribution in [3.8, 4) is 0 Å². The van der Waals surface area contributed by atoms with E-state index in [4.69, 9.17) is 0 Å². The number of rotatable bonds is 4. The monoisotopic (exact) mass is 444 g/mol. The molecular formula is C23H23F3N4O2. The minimum absolute atomic E-state index is 0.0242. The summed E-state index contributed by atoms with van der Waals surface area (Å²) in [6.07, 6.45) is -0.536. The van der Waals surface area contributed by atoms with Gasteiger partial charge in [0.15, 0.2) is 6.04 Å². The van der Waals surface area contributed by atoms with Gasteiger partial charge in [0.05, 0.1) is 16.9 Å². The first-order valence-electron chi connectivity index (χ1n) is 10.6. The van der Waals surface area contributed by atoms with E-state index in [9.17, 15) is 22.8 Å². The molecule has 32 heavy (non-hydrogen) atoms. The molecule has 0 aromatic heterocycles. The molecule has 6 nitrogen and oxygen atoms in total. The van der Waals surface area contributed by atoms with Gasteiger partial charge in [-0.15, -0.1) is 0 Å². The van der Waals surface area contributed by atoms with Gasteiger partial charge in [-0.1, -0.05) is 19.1 Å². The Morgan fingerprint density at radius 2 is 1.91 bits per heavy atom. The number of azo groups is 1. The first-order chi connectivity index (χ1) is 15.3. The molecule has 0 aliphatic carbocycles. The zero-order chi connectivity index (χ0) is 22.9. The number of anilines is 1. The first kappa shape index (κ1) is 22.0. The molecule has 1 N–H and O–H groups in total. The third-order valence-electron chi connectivity index (χ3n) is 5.96. The molecule has 2 aliphatic heterocycles. The van der Waals surface area contributed by atoms with Crippen molar-refractivity contribution < 1.29 is 22.8 Å². The summed E-state index contributed by atoms with van der Waals surface area (Å²) in [6.45, 7) is 2.82. The highest BCUT2D eigenvalue weighted by Crippen LogP contribution is 2.43. The van der Waals surface area contributed by atoms with Gasteiger partial charge in [0.25, 0.3) is 11.8 Å². The largest absolute Gasteiger partial charge is 0.418 e. The predicted molar refractivity (Wildman–Crippen MR) is 113 cm³/mol. The molecule has 2 atom stereocenters. The van der Waals surface area contributed by atoms with Crippen LogP contribution in [0.25, 0.3) is 0 Å². The van der Waals surface area contributed by atoms with Crippen molar-refractivity contribution in [2.24, 2.45) is 10.2 Å². The quantitative estimate of drug-likeness (QED) is 0.598. The number of piperidine rings is 1. The minimum Gasteiger partial charge on any atom is -0.336 e. The summed E-state index contributed by atoms with van der Waals surface area (Å²) in [7, 11) is 0. The summed E-state index contributed by atoms with van der Waals surface area (Å²) < 4.78 is 39.6. The Balaban J connectivity index is 1.51. The highest BCUT2D eigenvalue weighted by molar-refractivity contribution is 6.03. The fourth-order valence-electron chi connectivity index (χ4n) is 4.27. The predicted octanol–water partition coefficient (Wildman–Crippen LogP) is 5.89.